The fourth-order valence-electron chi connectivity index (χ4n) is 1.51. The second-order valence-electron chi connectivity index (χ2n) is 3.83. The van der Waals surface area contributed by atoms with E-state index in [2.05, 4.69) is 5.92 Å². The molecule has 21 heavy (non-hydrogen) atoms. The van der Waals surface area contributed by atoms with Crippen LogP contribution in [0.25, 0.3) is 0 Å². The third-order valence-corrected chi connectivity index (χ3v) is 3.73. The highest BCUT2D eigenvalue weighted by molar-refractivity contribution is 8.13. The second kappa shape index (κ2) is 7.15. The number of methoxy groups -OCH3 is 1. The van der Waals surface area contributed by atoms with Crippen molar-refractivity contribution >= 4 is 25.4 Å². The number of ether oxygens (including phenoxy) is 2. The van der Waals surface area contributed by atoms with Gasteiger partial charge >= 0.3 is 0 Å². The van der Waals surface area contributed by atoms with Crippen LogP contribution in [0, 0.1) is 22.5 Å². The third kappa shape index (κ3) is 4.51. The van der Waals surface area contributed by atoms with E-state index in [1.807, 2.05) is 0 Å². The molecule has 0 unspecified atom stereocenters. The number of terminal acetylenes is 1. The summed E-state index contributed by atoms with van der Waals surface area (Å²) in [7, 11) is 2.24. The van der Waals surface area contributed by atoms with Gasteiger partial charge in [-0.15, -0.1) is 12.3 Å². The third-order valence-electron chi connectivity index (χ3n) is 2.41. The van der Waals surface area contributed by atoms with Gasteiger partial charge in [0, 0.05) is 23.2 Å². The molecule has 0 heterocycles. The summed E-state index contributed by atoms with van der Waals surface area (Å²) in [4.78, 5) is 9.58. The normalized spacial score (nSPS) is 10.7. The Kier molecular flexibility index (Phi) is 5.81. The standard InChI is InChI=1S/C12H12ClNO6S/c1-3-4-5-6-20-10-7-9(14(15)16)8-11(12(10)19-2)21(13,17)18/h1,7-8H,4-6H2,2H3. The van der Waals surface area contributed by atoms with E-state index in [1.165, 1.54) is 7.11 Å². The molecule has 0 aliphatic carbocycles. The molecule has 9 heteroatoms. The van der Waals surface area contributed by atoms with Crippen LogP contribution >= 0.6 is 10.7 Å². The minimum absolute atomic E-state index is 0.0806. The zero-order valence-corrected chi connectivity index (χ0v) is 12.6. The quantitative estimate of drug-likeness (QED) is 0.250. The summed E-state index contributed by atoms with van der Waals surface area (Å²) >= 11 is 0. The molecular formula is C12H12ClNO6S. The Bertz CT molecular complexity index is 680. The van der Waals surface area contributed by atoms with Gasteiger partial charge in [0.2, 0.25) is 0 Å². The second-order valence-corrected chi connectivity index (χ2v) is 6.36. The zero-order chi connectivity index (χ0) is 16.0. The first-order valence-electron chi connectivity index (χ1n) is 5.68. The lowest BCUT2D eigenvalue weighted by molar-refractivity contribution is -0.385. The van der Waals surface area contributed by atoms with E-state index in [1.54, 1.807) is 0 Å². The van der Waals surface area contributed by atoms with Crippen LogP contribution in [-0.4, -0.2) is 27.1 Å². The average molecular weight is 334 g/mol. The Balaban J connectivity index is 3.30. The van der Waals surface area contributed by atoms with Gasteiger partial charge < -0.3 is 9.47 Å². The van der Waals surface area contributed by atoms with E-state index in [9.17, 15) is 18.5 Å². The monoisotopic (exact) mass is 333 g/mol. The van der Waals surface area contributed by atoms with Crippen molar-refractivity contribution in [2.45, 2.75) is 17.7 Å². The number of hydrogen-bond acceptors (Lipinski definition) is 6. The highest BCUT2D eigenvalue weighted by atomic mass is 35.7. The lowest BCUT2D eigenvalue weighted by atomic mass is 10.2. The number of non-ortho nitro benzene ring substituents is 1. The summed E-state index contributed by atoms with van der Waals surface area (Å²) in [5.41, 5.74) is -0.470. The van der Waals surface area contributed by atoms with Crippen LogP contribution in [0.2, 0.25) is 0 Å². The SMILES string of the molecule is C#CCCCOc1cc([N+](=O)[O-])cc(S(=O)(=O)Cl)c1OC. The smallest absolute Gasteiger partial charge is 0.274 e. The van der Waals surface area contributed by atoms with Gasteiger partial charge in [0.15, 0.2) is 11.5 Å². The van der Waals surface area contributed by atoms with Gasteiger partial charge in [-0.1, -0.05) is 0 Å². The molecule has 0 amide bonds. The Morgan fingerprint density at radius 2 is 2.14 bits per heavy atom. The van der Waals surface area contributed by atoms with E-state index >= 15 is 0 Å². The molecule has 0 radical (unpaired) electrons. The number of rotatable bonds is 7. The molecule has 114 valence electrons. The van der Waals surface area contributed by atoms with Crippen molar-refractivity contribution in [3.05, 3.63) is 22.2 Å². The molecule has 1 aromatic rings. The minimum Gasteiger partial charge on any atom is -0.492 e. The van der Waals surface area contributed by atoms with Crippen molar-refractivity contribution in [2.75, 3.05) is 13.7 Å². The van der Waals surface area contributed by atoms with E-state index in [4.69, 9.17) is 26.6 Å². The van der Waals surface area contributed by atoms with E-state index in [-0.39, 0.29) is 18.1 Å². The molecule has 1 rings (SSSR count). The Morgan fingerprint density at radius 1 is 1.48 bits per heavy atom. The van der Waals surface area contributed by atoms with Gasteiger partial charge in [0.05, 0.1) is 24.7 Å². The van der Waals surface area contributed by atoms with Crippen LogP contribution in [0.3, 0.4) is 0 Å². The number of hydrogen-bond donors (Lipinski definition) is 0. The molecule has 0 atom stereocenters. The molecule has 0 bridgehead atoms. The summed E-state index contributed by atoms with van der Waals surface area (Å²) in [5.74, 6) is 2.15. The van der Waals surface area contributed by atoms with E-state index in [0.717, 1.165) is 12.1 Å². The van der Waals surface area contributed by atoms with Crippen LogP contribution < -0.4 is 9.47 Å². The largest absolute Gasteiger partial charge is 0.492 e. The Hall–Kier alpha value is -1.98. The van der Waals surface area contributed by atoms with Gasteiger partial charge in [-0.3, -0.25) is 10.1 Å². The van der Waals surface area contributed by atoms with Crippen LogP contribution in [0.15, 0.2) is 17.0 Å². The van der Waals surface area contributed by atoms with Crippen molar-refractivity contribution in [1.82, 2.24) is 0 Å². The number of unbranched alkanes of at least 4 members (excludes halogenated alkanes) is 1. The van der Waals surface area contributed by atoms with E-state index in [0.29, 0.717) is 12.8 Å². The first-order chi connectivity index (χ1) is 9.81. The van der Waals surface area contributed by atoms with Gasteiger partial charge in [-0.25, -0.2) is 8.42 Å². The van der Waals surface area contributed by atoms with Crippen LogP contribution in [0.1, 0.15) is 12.8 Å². The maximum absolute atomic E-state index is 11.5. The topological polar surface area (TPSA) is 95.7 Å². The first-order valence-corrected chi connectivity index (χ1v) is 7.99. The summed E-state index contributed by atoms with van der Waals surface area (Å²) in [6.45, 7) is 0.156. The highest BCUT2D eigenvalue weighted by Gasteiger charge is 2.26. The molecule has 7 nitrogen and oxygen atoms in total. The molecule has 0 saturated heterocycles. The first kappa shape index (κ1) is 17.1. The van der Waals surface area contributed by atoms with Gasteiger partial charge in [0.25, 0.3) is 14.7 Å². The summed E-state index contributed by atoms with van der Waals surface area (Å²) in [6.07, 6.45) is 6.05. The fraction of sp³-hybridized carbons (Fsp3) is 0.333. The van der Waals surface area contributed by atoms with Crippen molar-refractivity contribution in [3.8, 4) is 23.8 Å². The van der Waals surface area contributed by atoms with Crippen molar-refractivity contribution < 1.29 is 22.8 Å². The minimum atomic E-state index is -4.23. The zero-order valence-electron chi connectivity index (χ0n) is 11.0. The molecule has 0 aliphatic rings. The Labute approximate surface area is 126 Å². The average Bonchev–Trinajstić information content (AvgIpc) is 2.41. The predicted octanol–water partition coefficient (Wildman–Crippen LogP) is 2.32. The maximum Gasteiger partial charge on any atom is 0.274 e. The molecule has 0 saturated carbocycles. The summed E-state index contributed by atoms with van der Waals surface area (Å²) in [5, 5.41) is 10.9. The molecule has 1 aromatic carbocycles. The summed E-state index contributed by atoms with van der Waals surface area (Å²) in [6, 6.07) is 1.88. The molecule has 0 aliphatic heterocycles. The fourth-order valence-corrected chi connectivity index (χ4v) is 2.52. The molecule has 0 N–H and O–H groups in total. The lowest BCUT2D eigenvalue weighted by Gasteiger charge is -2.12. The van der Waals surface area contributed by atoms with Crippen molar-refractivity contribution in [1.29, 1.82) is 0 Å². The Morgan fingerprint density at radius 3 is 2.62 bits per heavy atom. The number of nitrogens with zero attached hydrogens (tertiary/aromatic N) is 1. The number of benzene rings is 1. The molecule has 0 aromatic heterocycles. The van der Waals surface area contributed by atoms with Crippen LogP contribution in [-0.2, 0) is 9.05 Å². The highest BCUT2D eigenvalue weighted by Crippen LogP contribution is 2.39. The molecule has 0 fully saturated rings. The predicted molar refractivity (Wildman–Crippen MR) is 76.2 cm³/mol. The van der Waals surface area contributed by atoms with Gasteiger partial charge in [-0.2, -0.15) is 0 Å². The van der Waals surface area contributed by atoms with Crippen LogP contribution in [0.5, 0.6) is 11.5 Å². The van der Waals surface area contributed by atoms with Gasteiger partial charge in [-0.05, 0) is 6.42 Å². The summed E-state index contributed by atoms with van der Waals surface area (Å²) < 4.78 is 33.2. The van der Waals surface area contributed by atoms with Crippen molar-refractivity contribution in [3.63, 3.8) is 0 Å². The molecular weight excluding hydrogens is 322 g/mol. The van der Waals surface area contributed by atoms with Gasteiger partial charge in [0.1, 0.15) is 4.90 Å². The number of nitro benzene ring substituents is 1. The van der Waals surface area contributed by atoms with E-state index < -0.39 is 24.6 Å². The van der Waals surface area contributed by atoms with Crippen molar-refractivity contribution in [2.24, 2.45) is 0 Å². The van der Waals surface area contributed by atoms with Crippen LogP contribution in [0.4, 0.5) is 5.69 Å². The maximum atomic E-state index is 11.5. The number of halogens is 1. The lowest BCUT2D eigenvalue weighted by Crippen LogP contribution is -2.04. The molecule has 0 spiro atoms. The number of nitro groups is 1.